The van der Waals surface area contributed by atoms with Gasteiger partial charge in [0.25, 0.3) is 0 Å². The van der Waals surface area contributed by atoms with E-state index >= 15 is 0 Å². The minimum Gasteiger partial charge on any atom is -0.465 e. The number of hydrogen-bond donors (Lipinski definition) is 1. The lowest BCUT2D eigenvalue weighted by molar-refractivity contribution is -0.166. The SMILES string of the molecule is CCOC(=O)C(OC(C)(C)C)c1c(C)c2c(c(C)c1-c1ccc(C)cc1)C(Cc1ccccc1)N(C(=O)O)C2. The highest BCUT2D eigenvalue weighted by Crippen LogP contribution is 2.48. The molecule has 2 atom stereocenters. The highest BCUT2D eigenvalue weighted by molar-refractivity contribution is 5.85. The minimum absolute atomic E-state index is 0.234. The Morgan fingerprint density at radius 2 is 1.64 bits per heavy atom. The van der Waals surface area contributed by atoms with E-state index in [4.69, 9.17) is 9.47 Å². The maximum absolute atomic E-state index is 13.4. The van der Waals surface area contributed by atoms with E-state index in [9.17, 15) is 14.7 Å². The van der Waals surface area contributed by atoms with E-state index in [-0.39, 0.29) is 19.2 Å². The molecule has 2 unspecified atom stereocenters. The van der Waals surface area contributed by atoms with Gasteiger partial charge in [-0.1, -0.05) is 60.2 Å². The normalized spacial score (nSPS) is 15.7. The number of amides is 1. The van der Waals surface area contributed by atoms with E-state index in [2.05, 4.69) is 24.3 Å². The maximum atomic E-state index is 13.4. The number of fused-ring (bicyclic) bond motifs is 1. The van der Waals surface area contributed by atoms with Crippen molar-refractivity contribution in [3.63, 3.8) is 0 Å². The van der Waals surface area contributed by atoms with Crippen LogP contribution < -0.4 is 0 Å². The molecule has 0 bridgehead atoms. The fraction of sp³-hybridized carbons (Fsp3) is 0.394. The summed E-state index contributed by atoms with van der Waals surface area (Å²) in [6.45, 7) is 14.1. The molecule has 1 amide bonds. The third-order valence-corrected chi connectivity index (χ3v) is 7.36. The van der Waals surface area contributed by atoms with Gasteiger partial charge >= 0.3 is 12.1 Å². The summed E-state index contributed by atoms with van der Waals surface area (Å²) < 4.78 is 11.9. The molecule has 0 spiro atoms. The molecule has 0 radical (unpaired) electrons. The van der Waals surface area contributed by atoms with E-state index in [1.807, 2.05) is 71.9 Å². The highest BCUT2D eigenvalue weighted by Gasteiger charge is 2.41. The third-order valence-electron chi connectivity index (χ3n) is 7.36. The van der Waals surface area contributed by atoms with Crippen molar-refractivity contribution in [3.8, 4) is 11.1 Å². The summed E-state index contributed by atoms with van der Waals surface area (Å²) in [5.74, 6) is -0.447. The molecule has 0 aromatic heterocycles. The molecule has 0 saturated carbocycles. The Labute approximate surface area is 231 Å². The first-order chi connectivity index (χ1) is 18.4. The number of carbonyl (C=O) groups is 2. The third kappa shape index (κ3) is 5.86. The van der Waals surface area contributed by atoms with Crippen molar-refractivity contribution in [1.29, 1.82) is 0 Å². The van der Waals surface area contributed by atoms with Crippen LogP contribution in [-0.2, 0) is 27.2 Å². The number of ether oxygens (including phenoxy) is 2. The van der Waals surface area contributed by atoms with Crippen molar-refractivity contribution in [3.05, 3.63) is 93.5 Å². The first kappa shape index (κ1) is 28.4. The quantitative estimate of drug-likeness (QED) is 0.321. The topological polar surface area (TPSA) is 76.1 Å². The monoisotopic (exact) mass is 529 g/mol. The Kier molecular flexibility index (Phi) is 8.17. The van der Waals surface area contributed by atoms with Gasteiger partial charge in [0.15, 0.2) is 6.10 Å². The van der Waals surface area contributed by atoms with Gasteiger partial charge in [-0.05, 0) is 93.8 Å². The largest absolute Gasteiger partial charge is 0.465 e. The van der Waals surface area contributed by atoms with Crippen LogP contribution in [0.25, 0.3) is 11.1 Å². The van der Waals surface area contributed by atoms with Crippen LogP contribution in [0.5, 0.6) is 0 Å². The van der Waals surface area contributed by atoms with Crippen molar-refractivity contribution in [1.82, 2.24) is 4.90 Å². The maximum Gasteiger partial charge on any atom is 0.408 e. The van der Waals surface area contributed by atoms with Gasteiger partial charge in [0, 0.05) is 5.56 Å². The number of carboxylic acid groups (broad SMARTS) is 1. The number of esters is 1. The Bertz CT molecular complexity index is 1360. The number of rotatable bonds is 7. The van der Waals surface area contributed by atoms with Gasteiger partial charge in [0.2, 0.25) is 0 Å². The van der Waals surface area contributed by atoms with Gasteiger partial charge in [-0.25, -0.2) is 9.59 Å². The number of nitrogens with zero attached hydrogens (tertiary/aromatic N) is 1. The summed E-state index contributed by atoms with van der Waals surface area (Å²) >= 11 is 0. The van der Waals surface area contributed by atoms with E-state index < -0.39 is 23.8 Å². The summed E-state index contributed by atoms with van der Waals surface area (Å²) in [5.41, 5.74) is 7.96. The molecule has 1 aliphatic rings. The van der Waals surface area contributed by atoms with Crippen LogP contribution in [0.2, 0.25) is 0 Å². The molecular weight excluding hydrogens is 490 g/mol. The Morgan fingerprint density at radius 1 is 1.00 bits per heavy atom. The lowest BCUT2D eigenvalue weighted by atomic mass is 9.81. The predicted octanol–water partition coefficient (Wildman–Crippen LogP) is 7.48. The average molecular weight is 530 g/mol. The first-order valence-electron chi connectivity index (χ1n) is 13.5. The van der Waals surface area contributed by atoms with Crippen molar-refractivity contribution in [2.45, 2.75) is 79.2 Å². The van der Waals surface area contributed by atoms with Gasteiger partial charge in [-0.3, -0.25) is 4.90 Å². The lowest BCUT2D eigenvalue weighted by Gasteiger charge is -2.31. The number of hydrogen-bond acceptors (Lipinski definition) is 4. The van der Waals surface area contributed by atoms with Gasteiger partial charge in [-0.15, -0.1) is 0 Å². The summed E-state index contributed by atoms with van der Waals surface area (Å²) in [4.78, 5) is 27.5. The van der Waals surface area contributed by atoms with E-state index in [1.54, 1.807) is 6.92 Å². The molecule has 0 saturated heterocycles. The van der Waals surface area contributed by atoms with Crippen LogP contribution in [0.1, 0.15) is 78.8 Å². The van der Waals surface area contributed by atoms with E-state index in [1.165, 1.54) is 4.90 Å². The standard InChI is InChI=1S/C33H39NO5/c1-8-38-31(35)30(39-33(5,6)7)29-21(3)25-19-34(32(36)37)26(18-23-12-10-9-11-13-23)28(25)22(4)27(29)24-16-14-20(2)15-17-24/h9-17,26,30H,8,18-19H2,1-7H3,(H,36,37). The van der Waals surface area contributed by atoms with Crippen molar-refractivity contribution >= 4 is 12.1 Å². The van der Waals surface area contributed by atoms with Gasteiger partial charge in [0.05, 0.1) is 24.8 Å². The van der Waals surface area contributed by atoms with Crippen molar-refractivity contribution < 1.29 is 24.2 Å². The smallest absolute Gasteiger partial charge is 0.408 e. The number of aryl methyl sites for hydroxylation is 1. The molecule has 1 aliphatic heterocycles. The summed E-state index contributed by atoms with van der Waals surface area (Å²) in [7, 11) is 0. The zero-order chi connectivity index (χ0) is 28.5. The Hall–Kier alpha value is -3.64. The second-order valence-electron chi connectivity index (χ2n) is 11.3. The molecule has 6 nitrogen and oxygen atoms in total. The van der Waals surface area contributed by atoms with Gasteiger partial charge in [-0.2, -0.15) is 0 Å². The zero-order valence-corrected chi connectivity index (χ0v) is 24.0. The second kappa shape index (κ2) is 11.2. The van der Waals surface area contributed by atoms with Gasteiger partial charge < -0.3 is 14.6 Å². The fourth-order valence-electron chi connectivity index (χ4n) is 5.67. The Balaban J connectivity index is 2.02. The molecule has 39 heavy (non-hydrogen) atoms. The molecule has 6 heteroatoms. The summed E-state index contributed by atoms with van der Waals surface area (Å²) in [5, 5.41) is 10.2. The first-order valence-corrected chi connectivity index (χ1v) is 13.5. The zero-order valence-electron chi connectivity index (χ0n) is 24.0. The molecule has 0 aliphatic carbocycles. The number of benzene rings is 3. The van der Waals surface area contributed by atoms with Gasteiger partial charge in [0.1, 0.15) is 0 Å². The molecule has 1 N–H and O–H groups in total. The Morgan fingerprint density at radius 3 is 2.21 bits per heavy atom. The average Bonchev–Trinajstić information content (AvgIpc) is 3.26. The summed E-state index contributed by atoms with van der Waals surface area (Å²) in [6.07, 6.45) is -1.36. The van der Waals surface area contributed by atoms with Crippen molar-refractivity contribution in [2.24, 2.45) is 0 Å². The highest BCUT2D eigenvalue weighted by atomic mass is 16.6. The molecular formula is C33H39NO5. The molecule has 3 aromatic carbocycles. The lowest BCUT2D eigenvalue weighted by Crippen LogP contribution is -2.30. The predicted molar refractivity (Wildman–Crippen MR) is 153 cm³/mol. The van der Waals surface area contributed by atoms with Crippen LogP contribution in [-0.4, -0.2) is 34.3 Å². The molecule has 206 valence electrons. The fourth-order valence-corrected chi connectivity index (χ4v) is 5.67. The van der Waals surface area contributed by atoms with E-state index in [0.29, 0.717) is 6.42 Å². The summed E-state index contributed by atoms with van der Waals surface area (Å²) in [6, 6.07) is 17.8. The molecule has 1 heterocycles. The minimum atomic E-state index is -0.961. The number of carbonyl (C=O) groups excluding carboxylic acids is 1. The van der Waals surface area contributed by atoms with Crippen LogP contribution in [0, 0.1) is 20.8 Å². The van der Waals surface area contributed by atoms with E-state index in [0.717, 1.165) is 50.1 Å². The molecule has 0 fully saturated rings. The molecule has 4 rings (SSSR count). The van der Waals surface area contributed by atoms with Crippen molar-refractivity contribution in [2.75, 3.05) is 6.61 Å². The van der Waals surface area contributed by atoms with Crippen LogP contribution in [0.3, 0.4) is 0 Å². The van der Waals surface area contributed by atoms with Crippen LogP contribution in [0.4, 0.5) is 4.79 Å². The van der Waals surface area contributed by atoms with Crippen LogP contribution in [0.15, 0.2) is 54.6 Å². The molecule has 3 aromatic rings. The second-order valence-corrected chi connectivity index (χ2v) is 11.3. The van der Waals surface area contributed by atoms with Crippen LogP contribution >= 0.6 is 0 Å².